The lowest BCUT2D eigenvalue weighted by Gasteiger charge is -2.61. The predicted molar refractivity (Wildman–Crippen MR) is 69.1 cm³/mol. The van der Waals surface area contributed by atoms with Gasteiger partial charge in [-0.25, -0.2) is 4.79 Å². The summed E-state index contributed by atoms with van der Waals surface area (Å²) in [4.78, 5) is 11.8. The van der Waals surface area contributed by atoms with Crippen LogP contribution in [0.2, 0.25) is 0 Å². The van der Waals surface area contributed by atoms with Crippen molar-refractivity contribution >= 4 is 6.09 Å². The molecule has 0 aromatic rings. The Labute approximate surface area is 109 Å². The fraction of sp³-hybridized carbons (Fsp3) is 0.929. The first-order valence-electron chi connectivity index (χ1n) is 7.24. The summed E-state index contributed by atoms with van der Waals surface area (Å²) in [5, 5.41) is 3.17. The molecular weight excluding hydrogens is 228 g/mol. The molecule has 4 heteroatoms. The van der Waals surface area contributed by atoms with E-state index in [1.165, 1.54) is 19.3 Å². The molecule has 0 spiro atoms. The molecule has 4 aliphatic carbocycles. The van der Waals surface area contributed by atoms with Crippen LogP contribution in [0.15, 0.2) is 0 Å². The molecule has 0 radical (unpaired) electrons. The highest BCUT2D eigenvalue weighted by Crippen LogP contribution is 2.61. The molecule has 18 heavy (non-hydrogen) atoms. The lowest BCUT2D eigenvalue weighted by atomic mass is 9.47. The number of carbonyl (C=O) groups excluding carboxylic acids is 1. The lowest BCUT2D eigenvalue weighted by molar-refractivity contribution is -0.0745. The zero-order valence-electron chi connectivity index (χ0n) is 11.2. The first-order valence-corrected chi connectivity index (χ1v) is 7.24. The molecule has 0 heterocycles. The summed E-state index contributed by atoms with van der Waals surface area (Å²) in [5.41, 5.74) is 6.31. The number of hydrogen-bond acceptors (Lipinski definition) is 3. The van der Waals surface area contributed by atoms with Crippen LogP contribution in [0.1, 0.15) is 45.4 Å². The molecule has 4 nitrogen and oxygen atoms in total. The van der Waals surface area contributed by atoms with Crippen molar-refractivity contribution in [3.63, 3.8) is 0 Å². The zero-order valence-corrected chi connectivity index (χ0v) is 11.2. The van der Waals surface area contributed by atoms with Crippen LogP contribution in [0, 0.1) is 17.3 Å². The van der Waals surface area contributed by atoms with Gasteiger partial charge in [-0.1, -0.05) is 0 Å². The van der Waals surface area contributed by atoms with Crippen molar-refractivity contribution in [2.75, 3.05) is 13.2 Å². The van der Waals surface area contributed by atoms with E-state index in [0.29, 0.717) is 12.0 Å². The Morgan fingerprint density at radius 1 is 1.33 bits per heavy atom. The van der Waals surface area contributed by atoms with Crippen LogP contribution in [0.3, 0.4) is 0 Å². The number of nitrogens with one attached hydrogen (secondary N) is 1. The molecule has 1 amide bonds. The van der Waals surface area contributed by atoms with E-state index in [4.69, 9.17) is 10.5 Å². The molecule has 0 aliphatic heterocycles. The summed E-state index contributed by atoms with van der Waals surface area (Å²) in [6.45, 7) is 3.06. The molecule has 4 aliphatic rings. The third-order valence-electron chi connectivity index (χ3n) is 5.26. The first-order chi connectivity index (χ1) is 8.59. The zero-order chi connectivity index (χ0) is 12.8. The van der Waals surface area contributed by atoms with E-state index in [1.807, 2.05) is 6.92 Å². The molecule has 4 saturated carbocycles. The summed E-state index contributed by atoms with van der Waals surface area (Å²) in [5.74, 6) is 1.52. The van der Waals surface area contributed by atoms with Gasteiger partial charge in [0.25, 0.3) is 0 Å². The maximum absolute atomic E-state index is 11.8. The lowest BCUT2D eigenvalue weighted by Crippen LogP contribution is -2.64. The maximum atomic E-state index is 11.8. The molecule has 0 saturated heterocycles. The molecule has 0 aromatic heterocycles. The molecule has 3 N–H and O–H groups in total. The molecule has 2 atom stereocenters. The highest BCUT2D eigenvalue weighted by molar-refractivity contribution is 5.68. The number of amides is 1. The van der Waals surface area contributed by atoms with Gasteiger partial charge in [0.05, 0.1) is 6.61 Å². The van der Waals surface area contributed by atoms with Crippen molar-refractivity contribution in [2.24, 2.45) is 23.0 Å². The molecule has 4 bridgehead atoms. The van der Waals surface area contributed by atoms with Crippen molar-refractivity contribution in [3.8, 4) is 0 Å². The second kappa shape index (κ2) is 4.12. The number of nitrogens with two attached hydrogens (primary N) is 1. The van der Waals surface area contributed by atoms with Crippen LogP contribution in [-0.2, 0) is 4.74 Å². The van der Waals surface area contributed by atoms with Gasteiger partial charge in [-0.2, -0.15) is 0 Å². The van der Waals surface area contributed by atoms with Crippen LogP contribution >= 0.6 is 0 Å². The van der Waals surface area contributed by atoms with E-state index in [1.54, 1.807) is 0 Å². The van der Waals surface area contributed by atoms with Crippen LogP contribution in [0.5, 0.6) is 0 Å². The molecule has 4 fully saturated rings. The van der Waals surface area contributed by atoms with Gasteiger partial charge in [-0.05, 0) is 69.2 Å². The average Bonchev–Trinajstić information content (AvgIpc) is 2.26. The fourth-order valence-electron chi connectivity index (χ4n) is 5.22. The van der Waals surface area contributed by atoms with Gasteiger partial charge in [0, 0.05) is 5.54 Å². The van der Waals surface area contributed by atoms with E-state index < -0.39 is 0 Å². The summed E-state index contributed by atoms with van der Waals surface area (Å²) in [6, 6.07) is 0. The second-order valence-electron chi connectivity index (χ2n) is 6.79. The van der Waals surface area contributed by atoms with Gasteiger partial charge in [0.1, 0.15) is 0 Å². The molecular formula is C14H24N2O2. The molecule has 0 aromatic carbocycles. The normalized spacial score (nSPS) is 45.0. The van der Waals surface area contributed by atoms with E-state index in [0.717, 1.165) is 37.6 Å². The standard InChI is InChI=1S/C14H24N2O2/c1-2-18-12(17)16-14-6-10-3-11(7-14)5-13(4-10,8-14)9-15/h10-11H,2-9,15H2,1H3,(H,16,17). The largest absolute Gasteiger partial charge is 0.450 e. The van der Waals surface area contributed by atoms with Crippen molar-refractivity contribution in [1.29, 1.82) is 0 Å². The Kier molecular flexibility index (Phi) is 2.81. The number of hydrogen-bond donors (Lipinski definition) is 2. The number of carbonyl (C=O) groups is 1. The van der Waals surface area contributed by atoms with Gasteiger partial charge < -0.3 is 15.8 Å². The van der Waals surface area contributed by atoms with Crippen molar-refractivity contribution in [2.45, 2.75) is 51.0 Å². The van der Waals surface area contributed by atoms with Crippen molar-refractivity contribution < 1.29 is 9.53 Å². The average molecular weight is 252 g/mol. The quantitative estimate of drug-likeness (QED) is 0.807. The van der Waals surface area contributed by atoms with E-state index in [-0.39, 0.29) is 11.6 Å². The topological polar surface area (TPSA) is 64.3 Å². The minimum absolute atomic E-state index is 0.0181. The number of ether oxygens (including phenoxy) is 1. The summed E-state index contributed by atoms with van der Waals surface area (Å²) >= 11 is 0. The Hall–Kier alpha value is -0.770. The van der Waals surface area contributed by atoms with Crippen LogP contribution in [-0.4, -0.2) is 24.8 Å². The first kappa shape index (κ1) is 12.3. The predicted octanol–water partition coefficient (Wildman–Crippen LogP) is 2.03. The minimum Gasteiger partial charge on any atom is -0.450 e. The number of alkyl carbamates (subject to hydrolysis) is 1. The van der Waals surface area contributed by atoms with Crippen molar-refractivity contribution in [1.82, 2.24) is 5.32 Å². The van der Waals surface area contributed by atoms with Gasteiger partial charge in [0.15, 0.2) is 0 Å². The third kappa shape index (κ3) is 1.91. The smallest absolute Gasteiger partial charge is 0.407 e. The van der Waals surface area contributed by atoms with E-state index in [9.17, 15) is 4.79 Å². The van der Waals surface area contributed by atoms with Gasteiger partial charge in [-0.3, -0.25) is 0 Å². The highest BCUT2D eigenvalue weighted by Gasteiger charge is 2.57. The molecule has 102 valence electrons. The van der Waals surface area contributed by atoms with Crippen molar-refractivity contribution in [3.05, 3.63) is 0 Å². The minimum atomic E-state index is -0.244. The SMILES string of the molecule is CCOC(=O)NC12CC3CC(CC(CN)(C3)C1)C2. The third-order valence-corrected chi connectivity index (χ3v) is 5.26. The van der Waals surface area contributed by atoms with Gasteiger partial charge >= 0.3 is 6.09 Å². The maximum Gasteiger partial charge on any atom is 0.407 e. The number of rotatable bonds is 3. The van der Waals surface area contributed by atoms with E-state index in [2.05, 4.69) is 5.32 Å². The Balaban J connectivity index is 1.78. The Morgan fingerprint density at radius 2 is 2.00 bits per heavy atom. The van der Waals surface area contributed by atoms with Crippen LogP contribution in [0.4, 0.5) is 4.79 Å². The second-order valence-corrected chi connectivity index (χ2v) is 6.79. The fourth-order valence-corrected chi connectivity index (χ4v) is 5.22. The summed E-state index contributed by atoms with van der Waals surface area (Å²) < 4.78 is 5.07. The van der Waals surface area contributed by atoms with E-state index >= 15 is 0 Å². The monoisotopic (exact) mass is 252 g/mol. The molecule has 4 rings (SSSR count). The van der Waals surface area contributed by atoms with Crippen LogP contribution in [0.25, 0.3) is 0 Å². The Bertz CT molecular complexity index is 342. The highest BCUT2D eigenvalue weighted by atomic mass is 16.5. The summed E-state index contributed by atoms with van der Waals surface area (Å²) in [6.07, 6.45) is 6.95. The van der Waals surface area contributed by atoms with Gasteiger partial charge in [-0.15, -0.1) is 0 Å². The Morgan fingerprint density at radius 3 is 2.56 bits per heavy atom. The molecule has 2 unspecified atom stereocenters. The van der Waals surface area contributed by atoms with Gasteiger partial charge in [0.2, 0.25) is 0 Å². The summed E-state index contributed by atoms with van der Waals surface area (Å²) in [7, 11) is 0. The van der Waals surface area contributed by atoms with Crippen LogP contribution < -0.4 is 11.1 Å².